The molecule has 2 N–H and O–H groups in total. The standard InChI is InChI=1S/C23H25ClN4O2/c24-20-17-28(16-13-19-9-5-2-6-10-19)23(30)22(27-20)26-15-12-21(29)25-14-11-18-7-3-1-4-8-18/h1-10,17H,11-16H2,(H,25,29)(H,26,27). The molecule has 1 aromatic heterocycles. The van der Waals surface area contributed by atoms with Gasteiger partial charge in [-0.1, -0.05) is 72.3 Å². The quantitative estimate of drug-likeness (QED) is 0.523. The Kier molecular flexibility index (Phi) is 8.03. The van der Waals surface area contributed by atoms with Crippen molar-refractivity contribution in [3.63, 3.8) is 0 Å². The Morgan fingerprint density at radius 2 is 1.57 bits per heavy atom. The fourth-order valence-corrected chi connectivity index (χ4v) is 3.26. The van der Waals surface area contributed by atoms with Crippen LogP contribution in [0.15, 0.2) is 71.7 Å². The third-order valence-electron chi connectivity index (χ3n) is 4.65. The molecule has 3 aromatic rings. The highest BCUT2D eigenvalue weighted by atomic mass is 35.5. The minimum absolute atomic E-state index is 0.0788. The number of hydrogen-bond donors (Lipinski definition) is 2. The van der Waals surface area contributed by atoms with Crippen LogP contribution >= 0.6 is 11.6 Å². The van der Waals surface area contributed by atoms with Gasteiger partial charge >= 0.3 is 0 Å². The Balaban J connectivity index is 1.47. The summed E-state index contributed by atoms with van der Waals surface area (Å²) in [5, 5.41) is 6.06. The van der Waals surface area contributed by atoms with Crippen LogP contribution in [-0.2, 0) is 24.2 Å². The molecule has 30 heavy (non-hydrogen) atoms. The number of hydrogen-bond acceptors (Lipinski definition) is 4. The van der Waals surface area contributed by atoms with E-state index < -0.39 is 0 Å². The van der Waals surface area contributed by atoms with Crippen molar-refractivity contribution in [3.8, 4) is 0 Å². The van der Waals surface area contributed by atoms with E-state index in [0.29, 0.717) is 26.1 Å². The number of carbonyl (C=O) groups is 1. The zero-order valence-corrected chi connectivity index (χ0v) is 17.4. The first kappa shape index (κ1) is 21.6. The normalized spacial score (nSPS) is 10.6. The smallest absolute Gasteiger partial charge is 0.293 e. The van der Waals surface area contributed by atoms with Gasteiger partial charge < -0.3 is 15.2 Å². The van der Waals surface area contributed by atoms with Crippen LogP contribution in [0, 0.1) is 0 Å². The maximum absolute atomic E-state index is 12.6. The maximum atomic E-state index is 12.6. The molecule has 2 aromatic carbocycles. The molecule has 0 aliphatic heterocycles. The summed E-state index contributed by atoms with van der Waals surface area (Å²) in [4.78, 5) is 28.7. The van der Waals surface area contributed by atoms with Gasteiger partial charge in [-0.15, -0.1) is 0 Å². The predicted molar refractivity (Wildman–Crippen MR) is 120 cm³/mol. The van der Waals surface area contributed by atoms with E-state index in [9.17, 15) is 9.59 Å². The van der Waals surface area contributed by atoms with Crippen LogP contribution in [0.1, 0.15) is 17.5 Å². The highest BCUT2D eigenvalue weighted by Gasteiger charge is 2.09. The van der Waals surface area contributed by atoms with E-state index in [1.54, 1.807) is 4.57 Å². The average Bonchev–Trinajstić information content (AvgIpc) is 2.76. The topological polar surface area (TPSA) is 76.0 Å². The van der Waals surface area contributed by atoms with Gasteiger partial charge in [0.25, 0.3) is 5.56 Å². The van der Waals surface area contributed by atoms with Crippen molar-refractivity contribution in [1.82, 2.24) is 14.9 Å². The van der Waals surface area contributed by atoms with Gasteiger partial charge in [0.1, 0.15) is 5.15 Å². The number of nitrogens with one attached hydrogen (secondary N) is 2. The number of anilines is 1. The molecule has 0 saturated carbocycles. The Morgan fingerprint density at radius 3 is 2.23 bits per heavy atom. The molecular weight excluding hydrogens is 400 g/mol. The molecule has 7 heteroatoms. The lowest BCUT2D eigenvalue weighted by Crippen LogP contribution is -2.29. The van der Waals surface area contributed by atoms with Crippen LogP contribution in [0.25, 0.3) is 0 Å². The molecular formula is C23H25ClN4O2. The number of amides is 1. The van der Waals surface area contributed by atoms with Crippen molar-refractivity contribution in [1.29, 1.82) is 0 Å². The molecule has 6 nitrogen and oxygen atoms in total. The van der Waals surface area contributed by atoms with Crippen molar-refractivity contribution >= 4 is 23.3 Å². The van der Waals surface area contributed by atoms with E-state index in [1.165, 1.54) is 11.8 Å². The molecule has 0 atom stereocenters. The Labute approximate surface area is 180 Å². The third-order valence-corrected chi connectivity index (χ3v) is 4.83. The number of rotatable bonds is 10. The second-order valence-electron chi connectivity index (χ2n) is 6.91. The predicted octanol–water partition coefficient (Wildman–Crippen LogP) is 3.30. The van der Waals surface area contributed by atoms with Gasteiger partial charge in [0.05, 0.1) is 0 Å². The summed E-state index contributed by atoms with van der Waals surface area (Å²) in [5.74, 6) is 0.0810. The summed E-state index contributed by atoms with van der Waals surface area (Å²) in [6, 6.07) is 19.9. The Hall–Kier alpha value is -3.12. The minimum atomic E-state index is -0.250. The van der Waals surface area contributed by atoms with Gasteiger partial charge in [-0.05, 0) is 24.0 Å². The van der Waals surface area contributed by atoms with E-state index >= 15 is 0 Å². The highest BCUT2D eigenvalue weighted by molar-refractivity contribution is 6.29. The summed E-state index contributed by atoms with van der Waals surface area (Å²) in [6.45, 7) is 1.38. The van der Waals surface area contributed by atoms with Gasteiger partial charge in [-0.2, -0.15) is 0 Å². The fourth-order valence-electron chi connectivity index (χ4n) is 3.06. The van der Waals surface area contributed by atoms with Crippen LogP contribution in [0.4, 0.5) is 5.82 Å². The van der Waals surface area contributed by atoms with E-state index in [-0.39, 0.29) is 28.9 Å². The van der Waals surface area contributed by atoms with E-state index in [0.717, 1.165) is 12.0 Å². The lowest BCUT2D eigenvalue weighted by atomic mass is 10.1. The summed E-state index contributed by atoms with van der Waals surface area (Å²) < 4.78 is 1.55. The molecule has 0 saturated heterocycles. The van der Waals surface area contributed by atoms with Gasteiger partial charge in [-0.25, -0.2) is 4.98 Å². The third kappa shape index (κ3) is 6.74. The lowest BCUT2D eigenvalue weighted by Gasteiger charge is -2.10. The SMILES string of the molecule is O=C(CCNc1nc(Cl)cn(CCc2ccccc2)c1=O)NCCc1ccccc1. The Morgan fingerprint density at radius 1 is 0.933 bits per heavy atom. The number of aryl methyl sites for hydroxylation is 2. The molecule has 1 amide bonds. The van der Waals surface area contributed by atoms with Crippen molar-refractivity contribution in [3.05, 3.63) is 93.5 Å². The van der Waals surface area contributed by atoms with Crippen molar-refractivity contribution in [2.45, 2.75) is 25.8 Å². The van der Waals surface area contributed by atoms with Crippen LogP contribution in [0.3, 0.4) is 0 Å². The van der Waals surface area contributed by atoms with Gasteiger partial charge in [0, 0.05) is 32.3 Å². The molecule has 0 unspecified atom stereocenters. The maximum Gasteiger partial charge on any atom is 0.293 e. The van der Waals surface area contributed by atoms with Crippen LogP contribution in [0.5, 0.6) is 0 Å². The van der Waals surface area contributed by atoms with E-state index in [4.69, 9.17) is 11.6 Å². The summed E-state index contributed by atoms with van der Waals surface area (Å²) in [6.07, 6.45) is 3.27. The highest BCUT2D eigenvalue weighted by Crippen LogP contribution is 2.07. The number of aromatic nitrogens is 2. The first-order chi connectivity index (χ1) is 14.6. The first-order valence-corrected chi connectivity index (χ1v) is 10.3. The molecule has 0 aliphatic rings. The second-order valence-corrected chi connectivity index (χ2v) is 7.30. The van der Waals surface area contributed by atoms with Gasteiger partial charge in [-0.3, -0.25) is 9.59 Å². The van der Waals surface area contributed by atoms with Crippen LogP contribution in [0.2, 0.25) is 5.15 Å². The van der Waals surface area contributed by atoms with E-state index in [1.807, 2.05) is 60.7 Å². The van der Waals surface area contributed by atoms with Gasteiger partial charge in [0.2, 0.25) is 5.91 Å². The summed E-state index contributed by atoms with van der Waals surface area (Å²) >= 11 is 6.08. The molecule has 0 radical (unpaired) electrons. The number of nitrogens with zero attached hydrogens (tertiary/aromatic N) is 2. The van der Waals surface area contributed by atoms with Crippen molar-refractivity contribution < 1.29 is 4.79 Å². The molecule has 0 fully saturated rings. The monoisotopic (exact) mass is 424 g/mol. The fraction of sp³-hybridized carbons (Fsp3) is 0.261. The second kappa shape index (κ2) is 11.2. The summed E-state index contributed by atoms with van der Waals surface area (Å²) in [7, 11) is 0. The average molecular weight is 425 g/mol. The zero-order valence-electron chi connectivity index (χ0n) is 16.7. The van der Waals surface area contributed by atoms with Crippen LogP contribution < -0.4 is 16.2 Å². The summed E-state index contributed by atoms with van der Waals surface area (Å²) in [5.41, 5.74) is 2.06. The lowest BCUT2D eigenvalue weighted by molar-refractivity contribution is -0.120. The first-order valence-electron chi connectivity index (χ1n) is 9.97. The molecule has 1 heterocycles. The van der Waals surface area contributed by atoms with Crippen LogP contribution in [-0.4, -0.2) is 28.5 Å². The number of carbonyl (C=O) groups excluding carboxylic acids is 1. The molecule has 0 bridgehead atoms. The van der Waals surface area contributed by atoms with E-state index in [2.05, 4.69) is 15.6 Å². The Bertz CT molecular complexity index is 1010. The van der Waals surface area contributed by atoms with Crippen molar-refractivity contribution in [2.75, 3.05) is 18.4 Å². The molecule has 0 aliphatic carbocycles. The molecule has 156 valence electrons. The minimum Gasteiger partial charge on any atom is -0.365 e. The van der Waals surface area contributed by atoms with Crippen molar-refractivity contribution in [2.24, 2.45) is 0 Å². The van der Waals surface area contributed by atoms with Gasteiger partial charge in [0.15, 0.2) is 5.82 Å². The zero-order chi connectivity index (χ0) is 21.2. The largest absolute Gasteiger partial charge is 0.365 e. The number of halogens is 1. The number of benzene rings is 2. The molecule has 0 spiro atoms. The molecule has 3 rings (SSSR count).